The Labute approximate surface area is 140 Å². The van der Waals surface area contributed by atoms with Crippen LogP contribution in [-0.4, -0.2) is 17.9 Å². The number of hydrogen-bond donors (Lipinski definition) is 1. The molecule has 0 atom stereocenters. The molecular weight excluding hydrogens is 280 g/mol. The molecule has 0 amide bonds. The summed E-state index contributed by atoms with van der Waals surface area (Å²) < 4.78 is 0. The first-order chi connectivity index (χ1) is 11.4. The zero-order chi connectivity index (χ0) is 15.7. The van der Waals surface area contributed by atoms with Gasteiger partial charge in [-0.2, -0.15) is 0 Å². The number of nitrogens with one attached hydrogen (secondary N) is 1. The van der Waals surface area contributed by atoms with Gasteiger partial charge >= 0.3 is 0 Å². The predicted octanol–water partition coefficient (Wildman–Crippen LogP) is 4.69. The van der Waals surface area contributed by atoms with Crippen LogP contribution in [0.25, 0.3) is 0 Å². The van der Waals surface area contributed by atoms with E-state index >= 15 is 0 Å². The molecule has 0 heterocycles. The lowest BCUT2D eigenvalue weighted by molar-refractivity contribution is 0.409. The van der Waals surface area contributed by atoms with E-state index in [-0.39, 0.29) is 0 Å². The van der Waals surface area contributed by atoms with Crippen LogP contribution in [0.4, 0.5) is 0 Å². The molecule has 0 aliphatic heterocycles. The molecule has 1 N–H and O–H groups in total. The third kappa shape index (κ3) is 5.43. The predicted molar refractivity (Wildman–Crippen MR) is 97.6 cm³/mol. The number of hydrogen-bond acceptors (Lipinski definition) is 1. The van der Waals surface area contributed by atoms with Crippen LogP contribution in [0.1, 0.15) is 69.8 Å². The Morgan fingerprint density at radius 2 is 1.52 bits per heavy atom. The zero-order valence-corrected chi connectivity index (χ0v) is 14.1. The van der Waals surface area contributed by atoms with Gasteiger partial charge in [-0.15, -0.1) is 0 Å². The van der Waals surface area contributed by atoms with Gasteiger partial charge in [0.15, 0.2) is 5.84 Å². The average Bonchev–Trinajstić information content (AvgIpc) is 2.62. The van der Waals surface area contributed by atoms with Crippen molar-refractivity contribution in [3.05, 3.63) is 35.9 Å². The van der Waals surface area contributed by atoms with Crippen LogP contribution < -0.4 is 5.32 Å². The van der Waals surface area contributed by atoms with Crippen molar-refractivity contribution in [3.63, 3.8) is 0 Å². The van der Waals surface area contributed by atoms with Gasteiger partial charge in [0.25, 0.3) is 0 Å². The molecule has 2 aliphatic carbocycles. The Balaban J connectivity index is 1.72. The lowest BCUT2D eigenvalue weighted by atomic mass is 9.95. The molecule has 2 aliphatic rings. The molecule has 0 spiro atoms. The molecule has 23 heavy (non-hydrogen) atoms. The fourth-order valence-corrected chi connectivity index (χ4v) is 3.59. The van der Waals surface area contributed by atoms with E-state index in [1.807, 2.05) is 18.2 Å². The summed E-state index contributed by atoms with van der Waals surface area (Å²) in [5.41, 5.74) is 1.06. The summed E-state index contributed by atoms with van der Waals surface area (Å²) in [5.74, 6) is 7.52. The van der Waals surface area contributed by atoms with Crippen molar-refractivity contribution in [2.75, 3.05) is 0 Å². The first kappa shape index (κ1) is 16.1. The highest BCUT2D eigenvalue weighted by molar-refractivity contribution is 5.99. The third-order valence-corrected chi connectivity index (χ3v) is 4.93. The van der Waals surface area contributed by atoms with Gasteiger partial charge < -0.3 is 5.32 Å². The van der Waals surface area contributed by atoms with E-state index in [0.29, 0.717) is 12.1 Å². The lowest BCUT2D eigenvalue weighted by Crippen LogP contribution is -2.36. The molecule has 2 heteroatoms. The Hall–Kier alpha value is -1.75. The standard InChI is InChI=1S/C21H28N2/c1-4-10-18(11-5-1)16-17-21(22-19-12-6-2-7-13-19)23-20-14-8-3-9-15-20/h1,4-5,10-11,19-20H,2-3,6-9,12-15H2,(H,22,23). The van der Waals surface area contributed by atoms with Crippen LogP contribution in [-0.2, 0) is 0 Å². The van der Waals surface area contributed by atoms with Gasteiger partial charge in [0.1, 0.15) is 0 Å². The smallest absolute Gasteiger partial charge is 0.174 e. The fourth-order valence-electron chi connectivity index (χ4n) is 3.59. The minimum atomic E-state index is 0.472. The summed E-state index contributed by atoms with van der Waals surface area (Å²) in [4.78, 5) is 4.98. The monoisotopic (exact) mass is 308 g/mol. The summed E-state index contributed by atoms with van der Waals surface area (Å²) in [7, 11) is 0. The van der Waals surface area contributed by atoms with Crippen LogP contribution in [0.3, 0.4) is 0 Å². The van der Waals surface area contributed by atoms with Gasteiger partial charge in [0.2, 0.25) is 0 Å². The molecule has 0 radical (unpaired) electrons. The van der Waals surface area contributed by atoms with Crippen molar-refractivity contribution >= 4 is 5.84 Å². The number of benzene rings is 1. The van der Waals surface area contributed by atoms with E-state index in [0.717, 1.165) is 11.4 Å². The van der Waals surface area contributed by atoms with E-state index in [1.165, 1.54) is 64.2 Å². The molecule has 2 fully saturated rings. The van der Waals surface area contributed by atoms with Gasteiger partial charge in [-0.25, -0.2) is 0 Å². The highest BCUT2D eigenvalue weighted by atomic mass is 15.0. The van der Waals surface area contributed by atoms with Gasteiger partial charge in [-0.1, -0.05) is 62.6 Å². The van der Waals surface area contributed by atoms with Crippen molar-refractivity contribution in [2.24, 2.45) is 4.99 Å². The first-order valence-corrected chi connectivity index (χ1v) is 9.31. The van der Waals surface area contributed by atoms with E-state index < -0.39 is 0 Å². The maximum Gasteiger partial charge on any atom is 0.174 e. The third-order valence-electron chi connectivity index (χ3n) is 4.93. The number of rotatable bonds is 2. The van der Waals surface area contributed by atoms with Crippen LogP contribution in [0, 0.1) is 11.8 Å². The molecule has 0 bridgehead atoms. The highest BCUT2D eigenvalue weighted by Gasteiger charge is 2.16. The Bertz CT molecular complexity index is 552. The van der Waals surface area contributed by atoms with E-state index in [9.17, 15) is 0 Å². The molecule has 122 valence electrons. The molecular formula is C21H28N2. The van der Waals surface area contributed by atoms with Crippen LogP contribution >= 0.6 is 0 Å². The summed E-state index contributed by atoms with van der Waals surface area (Å²) in [6.07, 6.45) is 13.0. The minimum Gasteiger partial charge on any atom is -0.360 e. The number of amidine groups is 1. The molecule has 1 aromatic carbocycles. The summed E-state index contributed by atoms with van der Waals surface area (Å²) in [5, 5.41) is 3.65. The second-order valence-corrected chi connectivity index (χ2v) is 6.86. The average molecular weight is 308 g/mol. The van der Waals surface area contributed by atoms with Gasteiger partial charge in [0, 0.05) is 11.6 Å². The first-order valence-electron chi connectivity index (χ1n) is 9.31. The topological polar surface area (TPSA) is 24.4 Å². The molecule has 2 saturated carbocycles. The lowest BCUT2D eigenvalue weighted by Gasteiger charge is -2.24. The molecule has 1 aromatic rings. The maximum atomic E-state index is 4.98. The van der Waals surface area contributed by atoms with Crippen molar-refractivity contribution < 1.29 is 0 Å². The maximum absolute atomic E-state index is 4.98. The Kier molecular flexibility index (Phi) is 6.15. The van der Waals surface area contributed by atoms with Crippen LogP contribution in [0.2, 0.25) is 0 Å². The van der Waals surface area contributed by atoms with Crippen molar-refractivity contribution in [1.29, 1.82) is 0 Å². The molecule has 0 aromatic heterocycles. The van der Waals surface area contributed by atoms with Crippen LogP contribution in [0.5, 0.6) is 0 Å². The fraction of sp³-hybridized carbons (Fsp3) is 0.571. The van der Waals surface area contributed by atoms with Crippen molar-refractivity contribution in [2.45, 2.75) is 76.3 Å². The summed E-state index contributed by atoms with van der Waals surface area (Å²) in [6, 6.07) is 11.3. The van der Waals surface area contributed by atoms with Gasteiger partial charge in [0.05, 0.1) is 6.04 Å². The highest BCUT2D eigenvalue weighted by Crippen LogP contribution is 2.21. The summed E-state index contributed by atoms with van der Waals surface area (Å²) in [6.45, 7) is 0. The Morgan fingerprint density at radius 3 is 2.22 bits per heavy atom. The number of nitrogens with zero attached hydrogens (tertiary/aromatic N) is 1. The second-order valence-electron chi connectivity index (χ2n) is 6.86. The molecule has 0 unspecified atom stereocenters. The zero-order valence-electron chi connectivity index (χ0n) is 14.1. The Morgan fingerprint density at radius 1 is 0.870 bits per heavy atom. The quantitative estimate of drug-likeness (QED) is 0.478. The number of aliphatic imine (C=N–C) groups is 1. The van der Waals surface area contributed by atoms with Gasteiger partial charge in [-0.3, -0.25) is 4.99 Å². The largest absolute Gasteiger partial charge is 0.360 e. The van der Waals surface area contributed by atoms with E-state index in [1.54, 1.807) is 0 Å². The van der Waals surface area contributed by atoms with E-state index in [2.05, 4.69) is 29.3 Å². The normalized spacial score (nSPS) is 20.6. The van der Waals surface area contributed by atoms with Crippen molar-refractivity contribution in [1.82, 2.24) is 5.32 Å². The molecule has 2 nitrogen and oxygen atoms in total. The van der Waals surface area contributed by atoms with Crippen LogP contribution in [0.15, 0.2) is 35.3 Å². The second kappa shape index (κ2) is 8.77. The van der Waals surface area contributed by atoms with Gasteiger partial charge in [-0.05, 0) is 43.7 Å². The molecule has 3 rings (SSSR count). The summed E-state index contributed by atoms with van der Waals surface area (Å²) >= 11 is 0. The minimum absolute atomic E-state index is 0.472. The SMILES string of the molecule is C(#Cc1ccccc1)C(=NC1CCCCC1)NC1CCCCC1. The molecule has 0 saturated heterocycles. The van der Waals surface area contributed by atoms with E-state index in [4.69, 9.17) is 4.99 Å². The van der Waals surface area contributed by atoms with Crippen molar-refractivity contribution in [3.8, 4) is 11.8 Å².